The highest BCUT2D eigenvalue weighted by Crippen LogP contribution is 2.48. The van der Waals surface area contributed by atoms with Crippen LogP contribution in [0.25, 0.3) is 33.5 Å². The van der Waals surface area contributed by atoms with Crippen molar-refractivity contribution in [2.24, 2.45) is 0 Å². The first kappa shape index (κ1) is 22.0. The molecule has 1 N–H and O–H groups in total. The van der Waals surface area contributed by atoms with Gasteiger partial charge in [-0.15, -0.1) is 0 Å². The Labute approximate surface area is 208 Å². The van der Waals surface area contributed by atoms with Crippen LogP contribution in [0.2, 0.25) is 0 Å². The number of carboxylic acid groups (broad SMARTS) is 1. The van der Waals surface area contributed by atoms with E-state index in [9.17, 15) is 9.90 Å². The van der Waals surface area contributed by atoms with Crippen molar-refractivity contribution in [3.8, 4) is 28.3 Å². The van der Waals surface area contributed by atoms with Crippen molar-refractivity contribution in [3.63, 3.8) is 0 Å². The van der Waals surface area contributed by atoms with Crippen LogP contribution in [0.3, 0.4) is 0 Å². The number of rotatable bonds is 7. The third-order valence-corrected chi connectivity index (χ3v) is 7.01. The van der Waals surface area contributed by atoms with E-state index in [1.807, 2.05) is 72.8 Å². The molecule has 0 bridgehead atoms. The second-order valence-corrected chi connectivity index (χ2v) is 9.29. The number of pyridine rings is 1. The minimum absolute atomic E-state index is 0.437. The van der Waals surface area contributed by atoms with Gasteiger partial charge in [-0.1, -0.05) is 78.0 Å². The molecule has 6 heteroatoms. The molecule has 0 radical (unpaired) electrons. The summed E-state index contributed by atoms with van der Waals surface area (Å²) in [6.45, 7) is 2.50. The van der Waals surface area contributed by atoms with Crippen molar-refractivity contribution in [2.45, 2.75) is 31.8 Å². The molecule has 1 aliphatic rings. The third kappa shape index (κ3) is 3.90. The van der Waals surface area contributed by atoms with Crippen molar-refractivity contribution < 1.29 is 19.2 Å². The zero-order valence-corrected chi connectivity index (χ0v) is 19.8. The average molecular weight is 477 g/mol. The van der Waals surface area contributed by atoms with Gasteiger partial charge in [-0.2, -0.15) is 0 Å². The predicted molar refractivity (Wildman–Crippen MR) is 137 cm³/mol. The lowest BCUT2D eigenvalue weighted by molar-refractivity contribution is -0.140. The van der Waals surface area contributed by atoms with Gasteiger partial charge in [-0.25, -0.2) is 4.98 Å². The molecule has 0 saturated heterocycles. The van der Waals surface area contributed by atoms with Crippen LogP contribution in [-0.4, -0.2) is 21.2 Å². The molecule has 1 aliphatic carbocycles. The Hall–Kier alpha value is -4.45. The number of aryl methyl sites for hydroxylation is 1. The maximum Gasteiger partial charge on any atom is 0.314 e. The number of benzene rings is 3. The smallest absolute Gasteiger partial charge is 0.314 e. The monoisotopic (exact) mass is 476 g/mol. The van der Waals surface area contributed by atoms with Crippen molar-refractivity contribution in [2.75, 3.05) is 0 Å². The molecule has 5 aromatic rings. The van der Waals surface area contributed by atoms with Crippen molar-refractivity contribution in [1.29, 1.82) is 0 Å². The number of ether oxygens (including phenoxy) is 1. The Morgan fingerprint density at radius 3 is 2.25 bits per heavy atom. The van der Waals surface area contributed by atoms with E-state index in [2.05, 4.69) is 23.1 Å². The first-order chi connectivity index (χ1) is 17.5. The van der Waals surface area contributed by atoms with Gasteiger partial charge in [0, 0.05) is 11.6 Å². The van der Waals surface area contributed by atoms with Gasteiger partial charge >= 0.3 is 5.97 Å². The molecular weight excluding hydrogens is 452 g/mol. The number of aromatic nitrogens is 2. The van der Waals surface area contributed by atoms with E-state index < -0.39 is 11.4 Å². The van der Waals surface area contributed by atoms with Crippen molar-refractivity contribution in [1.82, 2.24) is 10.1 Å². The van der Waals surface area contributed by atoms with Crippen molar-refractivity contribution in [3.05, 3.63) is 102 Å². The molecule has 0 unspecified atom stereocenters. The molecule has 36 heavy (non-hydrogen) atoms. The topological polar surface area (TPSA) is 85.5 Å². The fourth-order valence-corrected chi connectivity index (χ4v) is 4.55. The Morgan fingerprint density at radius 1 is 0.917 bits per heavy atom. The summed E-state index contributed by atoms with van der Waals surface area (Å²) < 4.78 is 11.6. The Kier molecular flexibility index (Phi) is 5.29. The number of carboxylic acids is 1. The molecule has 0 spiro atoms. The maximum atomic E-state index is 11.6. The van der Waals surface area contributed by atoms with Crippen LogP contribution in [0, 0.1) is 6.92 Å². The van der Waals surface area contributed by atoms with Crippen LogP contribution in [0.4, 0.5) is 0 Å². The van der Waals surface area contributed by atoms with E-state index in [1.54, 1.807) is 6.07 Å². The number of fused-ring (bicyclic) bond motifs is 1. The predicted octanol–water partition coefficient (Wildman–Crippen LogP) is 6.56. The van der Waals surface area contributed by atoms with E-state index in [4.69, 9.17) is 9.26 Å². The highest BCUT2D eigenvalue weighted by atomic mass is 16.5. The molecular formula is C30H24N2O4. The lowest BCUT2D eigenvalue weighted by atomic mass is 9.93. The van der Waals surface area contributed by atoms with Gasteiger partial charge in [-0.3, -0.25) is 4.79 Å². The van der Waals surface area contributed by atoms with Gasteiger partial charge in [-0.05, 0) is 53.6 Å². The standard InChI is InChI=1S/C30H24N2O4/c1-19-4-2-3-5-23(19)18-35-26-15-14-25-27(31-26)28(36-32-25)22-8-6-20(7-9-22)21-10-12-24(13-11-21)30(16-17-30)29(33)34/h2-15H,16-18H2,1H3,(H,33,34). The molecule has 1 fully saturated rings. The van der Waals surface area contributed by atoms with E-state index in [0.717, 1.165) is 27.8 Å². The highest BCUT2D eigenvalue weighted by molar-refractivity contribution is 5.89. The highest BCUT2D eigenvalue weighted by Gasteiger charge is 2.51. The zero-order valence-electron chi connectivity index (χ0n) is 19.8. The average Bonchev–Trinajstić information content (AvgIpc) is 3.63. The van der Waals surface area contributed by atoms with Gasteiger partial charge < -0.3 is 14.4 Å². The number of hydrogen-bond acceptors (Lipinski definition) is 5. The summed E-state index contributed by atoms with van der Waals surface area (Å²) in [6.07, 6.45) is 1.41. The van der Waals surface area contributed by atoms with Gasteiger partial charge in [0.1, 0.15) is 17.6 Å². The van der Waals surface area contributed by atoms with E-state index in [-0.39, 0.29) is 0 Å². The van der Waals surface area contributed by atoms with Crippen LogP contribution < -0.4 is 4.74 Å². The van der Waals surface area contributed by atoms with Crippen molar-refractivity contribution >= 4 is 17.0 Å². The molecule has 178 valence electrons. The second-order valence-electron chi connectivity index (χ2n) is 9.29. The van der Waals surface area contributed by atoms with E-state index >= 15 is 0 Å². The number of nitrogens with zero attached hydrogens (tertiary/aromatic N) is 2. The Balaban J connectivity index is 1.23. The Morgan fingerprint density at radius 2 is 1.58 bits per heavy atom. The van der Waals surface area contributed by atoms with Crippen LogP contribution in [-0.2, 0) is 16.8 Å². The lowest BCUT2D eigenvalue weighted by Crippen LogP contribution is -2.19. The largest absolute Gasteiger partial charge is 0.481 e. The first-order valence-corrected chi connectivity index (χ1v) is 11.9. The fourth-order valence-electron chi connectivity index (χ4n) is 4.55. The minimum atomic E-state index is -0.740. The van der Waals surface area contributed by atoms with Gasteiger partial charge in [0.2, 0.25) is 5.88 Å². The number of aliphatic carboxylic acids is 1. The number of hydrogen-bond donors (Lipinski definition) is 1. The summed E-state index contributed by atoms with van der Waals surface area (Å²) in [5.41, 5.74) is 6.71. The molecule has 0 amide bonds. The molecule has 0 aliphatic heterocycles. The molecule has 3 aromatic carbocycles. The summed E-state index contributed by atoms with van der Waals surface area (Å²) in [7, 11) is 0. The summed E-state index contributed by atoms with van der Waals surface area (Å²) in [4.78, 5) is 16.3. The maximum absolute atomic E-state index is 11.6. The molecule has 1 saturated carbocycles. The lowest BCUT2D eigenvalue weighted by Gasteiger charge is -2.11. The Bertz CT molecular complexity index is 1570. The van der Waals surface area contributed by atoms with Crippen LogP contribution >= 0.6 is 0 Å². The molecule has 0 atom stereocenters. The van der Waals surface area contributed by atoms with E-state index in [0.29, 0.717) is 42.1 Å². The molecule has 2 aromatic heterocycles. The van der Waals surface area contributed by atoms with E-state index in [1.165, 1.54) is 5.56 Å². The number of carbonyl (C=O) groups is 1. The molecule has 2 heterocycles. The normalized spacial score (nSPS) is 14.0. The zero-order chi connectivity index (χ0) is 24.7. The van der Waals surface area contributed by atoms with Crippen LogP contribution in [0.1, 0.15) is 29.5 Å². The van der Waals surface area contributed by atoms with Gasteiger partial charge in [0.15, 0.2) is 5.76 Å². The third-order valence-electron chi connectivity index (χ3n) is 7.01. The van der Waals surface area contributed by atoms with Gasteiger partial charge in [0.25, 0.3) is 0 Å². The van der Waals surface area contributed by atoms with Crippen LogP contribution in [0.5, 0.6) is 5.88 Å². The van der Waals surface area contributed by atoms with Crippen LogP contribution in [0.15, 0.2) is 89.5 Å². The molecule has 6 rings (SSSR count). The summed E-state index contributed by atoms with van der Waals surface area (Å²) in [5, 5.41) is 13.7. The van der Waals surface area contributed by atoms with Gasteiger partial charge in [0.05, 0.1) is 5.41 Å². The summed E-state index contributed by atoms with van der Waals surface area (Å²) in [6, 6.07) is 27.6. The second kappa shape index (κ2) is 8.64. The summed E-state index contributed by atoms with van der Waals surface area (Å²) in [5.74, 6) is 0.364. The first-order valence-electron chi connectivity index (χ1n) is 11.9. The fraction of sp³-hybridized carbons (Fsp3) is 0.167. The molecule has 6 nitrogen and oxygen atoms in total. The summed E-state index contributed by atoms with van der Waals surface area (Å²) >= 11 is 0. The minimum Gasteiger partial charge on any atom is -0.481 e. The quantitative estimate of drug-likeness (QED) is 0.286. The SMILES string of the molecule is Cc1ccccc1COc1ccc2noc(-c3ccc(-c4ccc(C5(C(=O)O)CC5)cc4)cc3)c2n1.